The van der Waals surface area contributed by atoms with Crippen molar-refractivity contribution < 1.29 is 14.3 Å². The average molecular weight is 268 g/mol. The van der Waals surface area contributed by atoms with Crippen LogP contribution in [-0.4, -0.2) is 34.6 Å². The first kappa shape index (κ1) is 15.4. The maximum absolute atomic E-state index is 13.6. The number of nitrogens with two attached hydrogens (primary N) is 1. The number of aliphatic hydroxyl groups is 1. The third-order valence-electron chi connectivity index (χ3n) is 2.88. The van der Waals surface area contributed by atoms with Gasteiger partial charge in [0.15, 0.2) is 0 Å². The summed E-state index contributed by atoms with van der Waals surface area (Å²) in [6.07, 6.45) is 0. The van der Waals surface area contributed by atoms with E-state index in [9.17, 15) is 14.3 Å². The fourth-order valence-electron chi connectivity index (χ4n) is 1.80. The third kappa shape index (κ3) is 3.92. The molecule has 0 aliphatic heterocycles. The minimum absolute atomic E-state index is 0.178. The fraction of sp³-hybridized carbons (Fsp3) is 0.500. The van der Waals surface area contributed by atoms with Gasteiger partial charge in [-0.3, -0.25) is 4.79 Å². The lowest BCUT2D eigenvalue weighted by molar-refractivity contribution is 0.0314. The smallest absolute Gasteiger partial charge is 0.254 e. The number of carbonyl (C=O) groups excluding carboxylic acids is 1. The zero-order valence-corrected chi connectivity index (χ0v) is 11.8. The molecule has 0 aliphatic carbocycles. The van der Waals surface area contributed by atoms with Crippen molar-refractivity contribution in [3.8, 4) is 0 Å². The summed E-state index contributed by atoms with van der Waals surface area (Å²) in [5.74, 6) is -0.835. The molecule has 0 atom stereocenters. The largest absolute Gasteiger partial charge is 0.398 e. The lowest BCUT2D eigenvalue weighted by atomic mass is 10.1. The molecule has 106 valence electrons. The zero-order chi connectivity index (χ0) is 14.8. The molecule has 0 heterocycles. The summed E-state index contributed by atoms with van der Waals surface area (Å²) in [7, 11) is 0. The topological polar surface area (TPSA) is 66.6 Å². The lowest BCUT2D eigenvalue weighted by Gasteiger charge is -2.28. The van der Waals surface area contributed by atoms with Gasteiger partial charge in [0.05, 0.1) is 5.60 Å². The van der Waals surface area contributed by atoms with Crippen LogP contribution in [0.3, 0.4) is 0 Å². The summed E-state index contributed by atoms with van der Waals surface area (Å²) in [6.45, 7) is 7.21. The van der Waals surface area contributed by atoms with Crippen molar-refractivity contribution in [2.24, 2.45) is 0 Å². The van der Waals surface area contributed by atoms with E-state index in [1.807, 2.05) is 0 Å². The predicted molar refractivity (Wildman–Crippen MR) is 73.4 cm³/mol. The highest BCUT2D eigenvalue weighted by molar-refractivity contribution is 5.95. The molecule has 0 unspecified atom stereocenters. The SMILES string of the molecule is CCN(CC(C)(C)O)C(=O)c1cc(N)c(C)c(F)c1. The summed E-state index contributed by atoms with van der Waals surface area (Å²) in [5.41, 5.74) is 5.46. The van der Waals surface area contributed by atoms with Crippen LogP contribution < -0.4 is 5.73 Å². The van der Waals surface area contributed by atoms with Crippen LogP contribution in [0.5, 0.6) is 0 Å². The Balaban J connectivity index is 3.05. The van der Waals surface area contributed by atoms with Gasteiger partial charge < -0.3 is 15.7 Å². The molecule has 4 nitrogen and oxygen atoms in total. The standard InChI is InChI=1S/C14H21FN2O2/c1-5-17(8-14(3,4)19)13(18)10-6-11(15)9(2)12(16)7-10/h6-7,19H,5,8,16H2,1-4H3. The normalized spacial score (nSPS) is 11.5. The molecule has 0 saturated heterocycles. The summed E-state index contributed by atoms with van der Waals surface area (Å²) >= 11 is 0. The van der Waals surface area contributed by atoms with Gasteiger partial charge >= 0.3 is 0 Å². The van der Waals surface area contributed by atoms with Gasteiger partial charge in [-0.2, -0.15) is 0 Å². The molecule has 19 heavy (non-hydrogen) atoms. The fourth-order valence-corrected chi connectivity index (χ4v) is 1.80. The van der Waals surface area contributed by atoms with E-state index in [0.717, 1.165) is 0 Å². The zero-order valence-electron chi connectivity index (χ0n) is 11.8. The molecular formula is C14H21FN2O2. The van der Waals surface area contributed by atoms with Crippen molar-refractivity contribution in [3.05, 3.63) is 29.1 Å². The number of benzene rings is 1. The number of hydrogen-bond donors (Lipinski definition) is 2. The van der Waals surface area contributed by atoms with Crippen LogP contribution in [0.1, 0.15) is 36.7 Å². The molecular weight excluding hydrogens is 247 g/mol. The van der Waals surface area contributed by atoms with Crippen molar-refractivity contribution in [1.29, 1.82) is 0 Å². The Morgan fingerprint density at radius 2 is 2.05 bits per heavy atom. The Labute approximate surface area is 113 Å². The van der Waals surface area contributed by atoms with Crippen molar-refractivity contribution in [3.63, 3.8) is 0 Å². The number of halogens is 1. The lowest BCUT2D eigenvalue weighted by Crippen LogP contribution is -2.42. The van der Waals surface area contributed by atoms with Crippen LogP contribution in [0.25, 0.3) is 0 Å². The van der Waals surface area contributed by atoms with Crippen LogP contribution >= 0.6 is 0 Å². The number of nitrogens with zero attached hydrogens (tertiary/aromatic N) is 1. The molecule has 0 bridgehead atoms. The van der Waals surface area contributed by atoms with Gasteiger partial charge in [-0.1, -0.05) is 0 Å². The van der Waals surface area contributed by atoms with E-state index in [2.05, 4.69) is 0 Å². The van der Waals surface area contributed by atoms with E-state index in [4.69, 9.17) is 5.73 Å². The highest BCUT2D eigenvalue weighted by atomic mass is 19.1. The molecule has 1 amide bonds. The van der Waals surface area contributed by atoms with Gasteiger partial charge in [0.1, 0.15) is 5.82 Å². The number of hydrogen-bond acceptors (Lipinski definition) is 3. The quantitative estimate of drug-likeness (QED) is 0.820. The van der Waals surface area contributed by atoms with E-state index in [1.54, 1.807) is 27.7 Å². The number of anilines is 1. The molecule has 0 fully saturated rings. The highest BCUT2D eigenvalue weighted by Crippen LogP contribution is 2.19. The molecule has 1 rings (SSSR count). The molecule has 0 radical (unpaired) electrons. The van der Waals surface area contributed by atoms with Gasteiger partial charge in [-0.15, -0.1) is 0 Å². The van der Waals surface area contributed by atoms with E-state index in [-0.39, 0.29) is 23.7 Å². The minimum Gasteiger partial charge on any atom is -0.398 e. The van der Waals surface area contributed by atoms with Crippen LogP contribution in [0, 0.1) is 12.7 Å². The van der Waals surface area contributed by atoms with Gasteiger partial charge in [0.25, 0.3) is 5.91 Å². The molecule has 1 aromatic carbocycles. The van der Waals surface area contributed by atoms with Gasteiger partial charge in [-0.25, -0.2) is 4.39 Å². The van der Waals surface area contributed by atoms with E-state index >= 15 is 0 Å². The summed E-state index contributed by atoms with van der Waals surface area (Å²) in [5, 5.41) is 9.78. The number of amides is 1. The van der Waals surface area contributed by atoms with Crippen LogP contribution in [0.2, 0.25) is 0 Å². The highest BCUT2D eigenvalue weighted by Gasteiger charge is 2.23. The second-order valence-corrected chi connectivity index (χ2v) is 5.30. The number of likely N-dealkylation sites (N-methyl/N-ethyl adjacent to an activating group) is 1. The first-order chi connectivity index (χ1) is 8.65. The molecule has 1 aromatic rings. The first-order valence-corrected chi connectivity index (χ1v) is 6.23. The van der Waals surface area contributed by atoms with Crippen molar-refractivity contribution >= 4 is 11.6 Å². The maximum atomic E-state index is 13.6. The van der Waals surface area contributed by atoms with Crippen LogP contribution in [0.15, 0.2) is 12.1 Å². The Morgan fingerprint density at radius 1 is 1.47 bits per heavy atom. The second kappa shape index (κ2) is 5.57. The Kier molecular flexibility index (Phi) is 4.52. The monoisotopic (exact) mass is 268 g/mol. The molecule has 3 N–H and O–H groups in total. The van der Waals surface area contributed by atoms with Crippen LogP contribution in [-0.2, 0) is 0 Å². The first-order valence-electron chi connectivity index (χ1n) is 6.23. The van der Waals surface area contributed by atoms with Crippen molar-refractivity contribution in [2.75, 3.05) is 18.8 Å². The Hall–Kier alpha value is -1.62. The van der Waals surface area contributed by atoms with Crippen molar-refractivity contribution in [2.45, 2.75) is 33.3 Å². The number of rotatable bonds is 4. The number of carbonyl (C=O) groups is 1. The predicted octanol–water partition coefficient (Wildman–Crippen LogP) is 1.95. The maximum Gasteiger partial charge on any atom is 0.254 e. The van der Waals surface area contributed by atoms with Gasteiger partial charge in [0, 0.05) is 29.9 Å². The van der Waals surface area contributed by atoms with E-state index in [1.165, 1.54) is 17.0 Å². The minimum atomic E-state index is -1.000. The number of nitrogen functional groups attached to an aromatic ring is 1. The van der Waals surface area contributed by atoms with Gasteiger partial charge in [-0.05, 0) is 39.8 Å². The summed E-state index contributed by atoms with van der Waals surface area (Å²) < 4.78 is 13.6. The molecule has 0 aromatic heterocycles. The second-order valence-electron chi connectivity index (χ2n) is 5.30. The Morgan fingerprint density at radius 3 is 2.47 bits per heavy atom. The molecule has 0 aliphatic rings. The molecule has 0 spiro atoms. The Bertz CT molecular complexity index is 458. The van der Waals surface area contributed by atoms with E-state index in [0.29, 0.717) is 12.1 Å². The molecule has 0 saturated carbocycles. The van der Waals surface area contributed by atoms with Gasteiger partial charge in [0.2, 0.25) is 0 Å². The summed E-state index contributed by atoms with van der Waals surface area (Å²) in [6, 6.07) is 2.65. The van der Waals surface area contributed by atoms with Crippen molar-refractivity contribution in [1.82, 2.24) is 4.90 Å². The molecule has 5 heteroatoms. The summed E-state index contributed by atoms with van der Waals surface area (Å²) in [4.78, 5) is 13.7. The van der Waals surface area contributed by atoms with E-state index < -0.39 is 11.4 Å². The third-order valence-corrected chi connectivity index (χ3v) is 2.88. The van der Waals surface area contributed by atoms with Crippen LogP contribution in [0.4, 0.5) is 10.1 Å². The average Bonchev–Trinajstić information content (AvgIpc) is 2.30.